The van der Waals surface area contributed by atoms with Crippen LogP contribution in [-0.4, -0.2) is 30.2 Å². The topological polar surface area (TPSA) is 78.8 Å². The SMILES string of the molecule is CCOc1ccc(CC(=O)Cn2c(=O)c(CNc3ccc(C)cc3)cc3cc4c(cc32)OCCO4)cc1. The van der Waals surface area contributed by atoms with Gasteiger partial charge in [-0.15, -0.1) is 0 Å². The van der Waals surface area contributed by atoms with Crippen LogP contribution in [0.4, 0.5) is 5.69 Å². The van der Waals surface area contributed by atoms with Gasteiger partial charge in [0.2, 0.25) is 0 Å². The van der Waals surface area contributed by atoms with Gasteiger partial charge in [0.25, 0.3) is 5.56 Å². The van der Waals surface area contributed by atoms with E-state index in [1.54, 1.807) is 10.6 Å². The van der Waals surface area contributed by atoms with Crippen LogP contribution >= 0.6 is 0 Å². The van der Waals surface area contributed by atoms with Crippen molar-refractivity contribution < 1.29 is 19.0 Å². The first-order chi connectivity index (χ1) is 18.0. The Morgan fingerprint density at radius 3 is 2.38 bits per heavy atom. The summed E-state index contributed by atoms with van der Waals surface area (Å²) in [5, 5.41) is 4.14. The first kappa shape index (κ1) is 24.4. The number of nitrogens with zero attached hydrogens (tertiary/aromatic N) is 1. The molecule has 37 heavy (non-hydrogen) atoms. The van der Waals surface area contributed by atoms with Gasteiger partial charge in [-0.3, -0.25) is 9.59 Å². The maximum Gasteiger partial charge on any atom is 0.256 e. The highest BCUT2D eigenvalue weighted by molar-refractivity contribution is 5.87. The number of nitrogens with one attached hydrogen (secondary N) is 1. The molecule has 1 aliphatic heterocycles. The molecule has 4 aromatic rings. The lowest BCUT2D eigenvalue weighted by molar-refractivity contribution is -0.119. The van der Waals surface area contributed by atoms with Crippen LogP contribution in [0.25, 0.3) is 10.9 Å². The molecule has 1 N–H and O–H groups in total. The normalized spacial score (nSPS) is 12.4. The van der Waals surface area contributed by atoms with Crippen molar-refractivity contribution in [2.75, 3.05) is 25.1 Å². The minimum atomic E-state index is -0.205. The van der Waals surface area contributed by atoms with E-state index in [-0.39, 0.29) is 24.3 Å². The Morgan fingerprint density at radius 2 is 1.68 bits per heavy atom. The molecule has 7 nitrogen and oxygen atoms in total. The number of fused-ring (bicyclic) bond motifs is 2. The fraction of sp³-hybridized carbons (Fsp3) is 0.267. The number of anilines is 1. The van der Waals surface area contributed by atoms with Gasteiger partial charge < -0.3 is 24.1 Å². The number of carbonyl (C=O) groups is 1. The average molecular weight is 499 g/mol. The zero-order valence-electron chi connectivity index (χ0n) is 21.1. The third kappa shape index (κ3) is 5.61. The Labute approximate surface area is 215 Å². The van der Waals surface area contributed by atoms with E-state index in [9.17, 15) is 9.59 Å². The van der Waals surface area contributed by atoms with Crippen LogP contribution in [0.5, 0.6) is 17.2 Å². The summed E-state index contributed by atoms with van der Waals surface area (Å²) in [4.78, 5) is 26.8. The molecular weight excluding hydrogens is 468 g/mol. The molecule has 2 heterocycles. The molecule has 190 valence electrons. The van der Waals surface area contributed by atoms with Crippen molar-refractivity contribution in [2.45, 2.75) is 33.4 Å². The van der Waals surface area contributed by atoms with Crippen LogP contribution in [0, 0.1) is 6.92 Å². The molecule has 7 heteroatoms. The summed E-state index contributed by atoms with van der Waals surface area (Å²) in [6, 6.07) is 21.0. The van der Waals surface area contributed by atoms with Gasteiger partial charge in [0, 0.05) is 35.7 Å². The van der Waals surface area contributed by atoms with E-state index in [1.165, 1.54) is 0 Å². The van der Waals surface area contributed by atoms with E-state index in [4.69, 9.17) is 14.2 Å². The summed E-state index contributed by atoms with van der Waals surface area (Å²) in [5.74, 6) is 1.92. The number of hydrogen-bond acceptors (Lipinski definition) is 6. The highest BCUT2D eigenvalue weighted by atomic mass is 16.6. The standard InChI is InChI=1S/C30H30N2O5/c1-3-35-26-10-6-21(7-11-26)14-25(33)19-32-27-17-29-28(36-12-13-37-29)16-22(27)15-23(30(32)34)18-31-24-8-4-20(2)5-9-24/h4-11,15-17,31H,3,12-14,18-19H2,1-2H3. The highest BCUT2D eigenvalue weighted by Crippen LogP contribution is 2.34. The number of rotatable bonds is 9. The Balaban J connectivity index is 1.46. The van der Waals surface area contributed by atoms with Gasteiger partial charge in [-0.25, -0.2) is 0 Å². The molecule has 0 radical (unpaired) electrons. The first-order valence-corrected chi connectivity index (χ1v) is 12.5. The van der Waals surface area contributed by atoms with Crippen LogP contribution in [-0.2, 0) is 24.3 Å². The molecule has 0 fully saturated rings. The Kier molecular flexibility index (Phi) is 7.12. The van der Waals surface area contributed by atoms with Crippen molar-refractivity contribution in [3.8, 4) is 17.2 Å². The summed E-state index contributed by atoms with van der Waals surface area (Å²) in [7, 11) is 0. The van der Waals surface area contributed by atoms with Crippen molar-refractivity contribution in [3.05, 3.63) is 93.8 Å². The molecule has 0 bridgehead atoms. The summed E-state index contributed by atoms with van der Waals surface area (Å²) < 4.78 is 18.6. The van der Waals surface area contributed by atoms with Gasteiger partial charge >= 0.3 is 0 Å². The lowest BCUT2D eigenvalue weighted by Crippen LogP contribution is -2.29. The highest BCUT2D eigenvalue weighted by Gasteiger charge is 2.18. The van der Waals surface area contributed by atoms with Gasteiger partial charge in [0.15, 0.2) is 17.3 Å². The second-order valence-corrected chi connectivity index (χ2v) is 9.13. The Bertz CT molecular complexity index is 1470. The number of ether oxygens (including phenoxy) is 3. The van der Waals surface area contributed by atoms with E-state index in [0.29, 0.717) is 48.9 Å². The molecule has 0 saturated carbocycles. The van der Waals surface area contributed by atoms with Gasteiger partial charge in [-0.2, -0.15) is 0 Å². The summed E-state index contributed by atoms with van der Waals surface area (Å²) >= 11 is 0. The fourth-order valence-electron chi connectivity index (χ4n) is 4.46. The zero-order chi connectivity index (χ0) is 25.8. The van der Waals surface area contributed by atoms with E-state index in [1.807, 2.05) is 74.5 Å². The molecule has 0 amide bonds. The second-order valence-electron chi connectivity index (χ2n) is 9.13. The summed E-state index contributed by atoms with van der Waals surface area (Å²) in [6.45, 7) is 5.75. The Morgan fingerprint density at radius 1 is 0.973 bits per heavy atom. The van der Waals surface area contributed by atoms with Crippen LogP contribution < -0.4 is 25.1 Å². The monoisotopic (exact) mass is 498 g/mol. The van der Waals surface area contributed by atoms with Crippen molar-refractivity contribution in [3.63, 3.8) is 0 Å². The number of Topliss-reactive ketones (excluding diaryl/α,β-unsaturated/α-hetero) is 1. The molecule has 3 aromatic carbocycles. The van der Waals surface area contributed by atoms with Crippen LogP contribution in [0.15, 0.2) is 71.5 Å². The van der Waals surface area contributed by atoms with Gasteiger partial charge in [-0.1, -0.05) is 29.8 Å². The third-order valence-electron chi connectivity index (χ3n) is 6.34. The predicted molar refractivity (Wildman–Crippen MR) is 144 cm³/mol. The molecule has 0 saturated heterocycles. The largest absolute Gasteiger partial charge is 0.494 e. The summed E-state index contributed by atoms with van der Waals surface area (Å²) in [6.07, 6.45) is 0.219. The molecule has 0 spiro atoms. The lowest BCUT2D eigenvalue weighted by Gasteiger charge is -2.21. The number of aryl methyl sites for hydroxylation is 1. The van der Waals surface area contributed by atoms with Crippen molar-refractivity contribution in [2.24, 2.45) is 0 Å². The number of benzene rings is 3. The van der Waals surface area contributed by atoms with Crippen LogP contribution in [0.2, 0.25) is 0 Å². The van der Waals surface area contributed by atoms with Crippen LogP contribution in [0.3, 0.4) is 0 Å². The van der Waals surface area contributed by atoms with Crippen molar-refractivity contribution in [1.82, 2.24) is 4.57 Å². The number of carbonyl (C=O) groups excluding carboxylic acids is 1. The minimum Gasteiger partial charge on any atom is -0.494 e. The fourth-order valence-corrected chi connectivity index (χ4v) is 4.46. The zero-order valence-corrected chi connectivity index (χ0v) is 21.1. The van der Waals surface area contributed by atoms with Gasteiger partial charge in [0.1, 0.15) is 19.0 Å². The molecule has 1 aliphatic rings. The van der Waals surface area contributed by atoms with E-state index in [0.717, 1.165) is 28.0 Å². The molecule has 0 unspecified atom stereocenters. The minimum absolute atomic E-state index is 0.0411. The maximum atomic E-state index is 13.6. The quantitative estimate of drug-likeness (QED) is 0.354. The lowest BCUT2D eigenvalue weighted by atomic mass is 10.1. The average Bonchev–Trinajstić information content (AvgIpc) is 2.90. The van der Waals surface area contributed by atoms with Gasteiger partial charge in [0.05, 0.1) is 18.7 Å². The number of hydrogen-bond donors (Lipinski definition) is 1. The molecule has 1 aromatic heterocycles. The van der Waals surface area contributed by atoms with E-state index < -0.39 is 0 Å². The molecule has 0 atom stereocenters. The number of pyridine rings is 1. The predicted octanol–water partition coefficient (Wildman–Crippen LogP) is 4.90. The first-order valence-electron chi connectivity index (χ1n) is 12.5. The second kappa shape index (κ2) is 10.8. The third-order valence-corrected chi connectivity index (χ3v) is 6.34. The van der Waals surface area contributed by atoms with E-state index >= 15 is 0 Å². The Hall–Kier alpha value is -4.26. The molecule has 0 aliphatic carbocycles. The number of ketones is 1. The molecule has 5 rings (SSSR count). The molecular formula is C30H30N2O5. The maximum absolute atomic E-state index is 13.6. The van der Waals surface area contributed by atoms with Gasteiger partial charge in [-0.05, 0) is 55.8 Å². The summed E-state index contributed by atoms with van der Waals surface area (Å²) in [5.41, 5.74) is 3.97. The smallest absolute Gasteiger partial charge is 0.256 e. The van der Waals surface area contributed by atoms with Crippen LogP contribution in [0.1, 0.15) is 23.6 Å². The number of aromatic nitrogens is 1. The van der Waals surface area contributed by atoms with Crippen molar-refractivity contribution in [1.29, 1.82) is 0 Å². The van der Waals surface area contributed by atoms with Crippen molar-refractivity contribution >= 4 is 22.4 Å². The van der Waals surface area contributed by atoms with E-state index in [2.05, 4.69) is 5.32 Å².